The number of fused-ring (bicyclic) bond motifs is 1. The van der Waals surface area contributed by atoms with Crippen molar-refractivity contribution in [2.24, 2.45) is 40.2 Å². The van der Waals surface area contributed by atoms with Crippen molar-refractivity contribution < 1.29 is 33.5 Å². The third-order valence-corrected chi connectivity index (χ3v) is 10.2. The van der Waals surface area contributed by atoms with Gasteiger partial charge in [-0.1, -0.05) is 67.7 Å². The number of piperidine rings is 1. The number of urea groups is 1. The molecule has 246 valence electrons. The Labute approximate surface area is 259 Å². The summed E-state index contributed by atoms with van der Waals surface area (Å²) >= 11 is 0. The average Bonchev–Trinajstić information content (AvgIpc) is 3.24. The van der Waals surface area contributed by atoms with Crippen molar-refractivity contribution in [1.82, 2.24) is 25.8 Å². The van der Waals surface area contributed by atoms with Crippen LogP contribution in [0.4, 0.5) is 9.59 Å². The van der Waals surface area contributed by atoms with Gasteiger partial charge in [0.2, 0.25) is 17.6 Å². The molecule has 13 nitrogen and oxygen atoms in total. The van der Waals surface area contributed by atoms with Crippen LogP contribution in [0.3, 0.4) is 0 Å². The number of nitrogens with two attached hydrogens (primary N) is 1. The van der Waals surface area contributed by atoms with E-state index in [4.69, 9.17) is 10.5 Å². The van der Waals surface area contributed by atoms with Crippen LogP contribution in [0.25, 0.3) is 0 Å². The lowest BCUT2D eigenvalue weighted by atomic mass is 9.80. The Morgan fingerprint density at radius 1 is 1.07 bits per heavy atom. The van der Waals surface area contributed by atoms with E-state index in [0.29, 0.717) is 26.1 Å². The number of nitrogens with one attached hydrogen (secondary N) is 3. The SMILES string of the molecule is CC(C)[C@@H](CN1CCOC1=O)NC(=O)N[C@H](C(=O)N1C[C@H]2C([C@H]1C(=O)NC(CC1CCC1)C(=O)C(N)=O)C2(C)C)C(C)(C)C. The Morgan fingerprint density at radius 2 is 1.73 bits per heavy atom. The van der Waals surface area contributed by atoms with E-state index >= 15 is 0 Å². The third kappa shape index (κ3) is 6.96. The number of nitrogens with zero attached hydrogens (tertiary/aromatic N) is 2. The second-order valence-corrected chi connectivity index (χ2v) is 15.0. The van der Waals surface area contributed by atoms with Gasteiger partial charge in [0.1, 0.15) is 18.7 Å². The van der Waals surface area contributed by atoms with E-state index < -0.39 is 59.2 Å². The minimum absolute atomic E-state index is 0.00469. The normalized spacial score (nSPS) is 26.2. The average molecular weight is 619 g/mol. The molecular formula is C31H50N6O7. The van der Waals surface area contributed by atoms with Crippen molar-refractivity contribution >= 4 is 35.6 Å². The minimum atomic E-state index is -1.09. The fraction of sp³-hybridized carbons (Fsp3) is 0.806. The summed E-state index contributed by atoms with van der Waals surface area (Å²) in [5, 5.41) is 8.57. The molecule has 6 amide bonds. The van der Waals surface area contributed by atoms with Gasteiger partial charge in [0, 0.05) is 13.1 Å². The molecule has 2 aliphatic heterocycles. The monoisotopic (exact) mass is 618 g/mol. The first-order valence-electron chi connectivity index (χ1n) is 15.9. The van der Waals surface area contributed by atoms with Crippen molar-refractivity contribution in [3.05, 3.63) is 0 Å². The molecule has 2 aliphatic carbocycles. The number of carbonyl (C=O) groups excluding carboxylic acids is 6. The van der Waals surface area contributed by atoms with Crippen LogP contribution < -0.4 is 21.7 Å². The van der Waals surface area contributed by atoms with Crippen molar-refractivity contribution in [2.75, 3.05) is 26.2 Å². The first-order valence-corrected chi connectivity index (χ1v) is 15.9. The standard InChI is InChI=1S/C31H50N6O7/c1-16(2)20(15-36-11-12-44-29(36)43)34-28(42)35-24(30(3,4)5)27(41)37-14-18-21(31(18,6)7)22(37)26(40)33-19(23(38)25(32)39)13-17-9-8-10-17/h16-22,24H,8-15H2,1-7H3,(H2,32,39)(H,33,40)(H2,34,35,42)/t18-,19?,20+,21?,22-,24+/m0/s1. The Morgan fingerprint density at radius 3 is 2.23 bits per heavy atom. The number of rotatable bonds is 12. The van der Waals surface area contributed by atoms with Gasteiger partial charge in [-0.2, -0.15) is 0 Å². The van der Waals surface area contributed by atoms with Gasteiger partial charge < -0.3 is 36.2 Å². The first kappa shape index (κ1) is 33.5. The minimum Gasteiger partial charge on any atom is -0.448 e. The fourth-order valence-corrected chi connectivity index (χ4v) is 6.94. The first-order chi connectivity index (χ1) is 20.4. The molecule has 2 unspecified atom stereocenters. The number of primary amides is 1. The Kier molecular flexibility index (Phi) is 9.56. The quantitative estimate of drug-likeness (QED) is 0.239. The maximum absolute atomic E-state index is 14.2. The van der Waals surface area contributed by atoms with E-state index in [9.17, 15) is 28.8 Å². The maximum Gasteiger partial charge on any atom is 0.410 e. The molecule has 0 aromatic rings. The molecule has 5 N–H and O–H groups in total. The van der Waals surface area contributed by atoms with Crippen LogP contribution in [0, 0.1) is 34.5 Å². The number of carbonyl (C=O) groups is 6. The molecule has 4 aliphatic rings. The smallest absolute Gasteiger partial charge is 0.410 e. The molecule has 0 bridgehead atoms. The molecule has 6 atom stereocenters. The highest BCUT2D eigenvalue weighted by molar-refractivity contribution is 6.37. The van der Waals surface area contributed by atoms with Gasteiger partial charge in [0.15, 0.2) is 0 Å². The van der Waals surface area contributed by atoms with Gasteiger partial charge in [0.25, 0.3) is 5.91 Å². The van der Waals surface area contributed by atoms with E-state index in [0.717, 1.165) is 19.3 Å². The molecule has 4 fully saturated rings. The number of Topliss-reactive ketones (excluding diaryl/α,β-unsaturated/α-hetero) is 1. The van der Waals surface area contributed by atoms with Crippen molar-refractivity contribution in [3.8, 4) is 0 Å². The van der Waals surface area contributed by atoms with Gasteiger partial charge in [-0.05, 0) is 40.9 Å². The maximum atomic E-state index is 14.2. The lowest BCUT2D eigenvalue weighted by molar-refractivity contribution is -0.145. The highest BCUT2D eigenvalue weighted by Crippen LogP contribution is 2.65. The summed E-state index contributed by atoms with van der Waals surface area (Å²) in [6.07, 6.45) is 2.80. The molecule has 2 saturated carbocycles. The second kappa shape index (κ2) is 12.5. The molecule has 2 saturated heterocycles. The Hall–Kier alpha value is -3.38. The van der Waals surface area contributed by atoms with Crippen molar-refractivity contribution in [3.63, 3.8) is 0 Å². The summed E-state index contributed by atoms with van der Waals surface area (Å²) < 4.78 is 5.02. The number of cyclic esters (lactones) is 1. The number of ether oxygens (including phenoxy) is 1. The lowest BCUT2D eigenvalue weighted by Crippen LogP contribution is -2.62. The van der Waals surface area contributed by atoms with Crippen LogP contribution in [0.5, 0.6) is 0 Å². The van der Waals surface area contributed by atoms with E-state index in [1.807, 2.05) is 34.6 Å². The van der Waals surface area contributed by atoms with E-state index in [1.54, 1.807) is 4.90 Å². The number of amides is 6. The van der Waals surface area contributed by atoms with Gasteiger partial charge >= 0.3 is 12.1 Å². The number of hydrogen-bond acceptors (Lipinski definition) is 7. The fourth-order valence-electron chi connectivity index (χ4n) is 6.94. The molecule has 0 radical (unpaired) electrons. The zero-order valence-corrected chi connectivity index (χ0v) is 27.1. The molecule has 0 aromatic heterocycles. The van der Waals surface area contributed by atoms with Crippen LogP contribution in [0.1, 0.15) is 74.1 Å². The van der Waals surface area contributed by atoms with Gasteiger partial charge in [-0.25, -0.2) is 9.59 Å². The Balaban J connectivity index is 1.50. The number of hydrogen-bond donors (Lipinski definition) is 4. The van der Waals surface area contributed by atoms with Crippen LogP contribution >= 0.6 is 0 Å². The summed E-state index contributed by atoms with van der Waals surface area (Å²) in [6, 6.07) is -3.80. The zero-order valence-electron chi connectivity index (χ0n) is 27.1. The summed E-state index contributed by atoms with van der Waals surface area (Å²) in [4.78, 5) is 80.9. The second-order valence-electron chi connectivity index (χ2n) is 15.0. The van der Waals surface area contributed by atoms with Crippen molar-refractivity contribution in [2.45, 2.75) is 98.3 Å². The van der Waals surface area contributed by atoms with Crippen LogP contribution in [-0.2, 0) is 23.9 Å². The van der Waals surface area contributed by atoms with Crippen molar-refractivity contribution in [1.29, 1.82) is 0 Å². The van der Waals surface area contributed by atoms with Gasteiger partial charge in [0.05, 0.1) is 18.6 Å². The molecule has 44 heavy (non-hydrogen) atoms. The van der Waals surface area contributed by atoms with E-state index in [1.165, 1.54) is 4.90 Å². The van der Waals surface area contributed by atoms with Crippen LogP contribution in [0.15, 0.2) is 0 Å². The molecule has 0 spiro atoms. The highest BCUT2D eigenvalue weighted by Gasteiger charge is 2.70. The Bertz CT molecular complexity index is 1180. The molecule has 4 rings (SSSR count). The van der Waals surface area contributed by atoms with Gasteiger partial charge in [-0.3, -0.25) is 19.2 Å². The summed E-state index contributed by atoms with van der Waals surface area (Å²) in [5.41, 5.74) is 4.43. The summed E-state index contributed by atoms with van der Waals surface area (Å²) in [7, 11) is 0. The molecule has 2 heterocycles. The molecule has 0 aromatic carbocycles. The highest BCUT2D eigenvalue weighted by atomic mass is 16.6. The van der Waals surface area contributed by atoms with E-state index in [2.05, 4.69) is 29.8 Å². The lowest BCUT2D eigenvalue weighted by Gasteiger charge is -2.38. The third-order valence-electron chi connectivity index (χ3n) is 10.2. The predicted octanol–water partition coefficient (Wildman–Crippen LogP) is 1.39. The van der Waals surface area contributed by atoms with Crippen LogP contribution in [-0.4, -0.2) is 95.8 Å². The summed E-state index contributed by atoms with van der Waals surface area (Å²) in [5.74, 6) is -2.62. The zero-order chi connectivity index (χ0) is 32.7. The molecular weight excluding hydrogens is 568 g/mol. The predicted molar refractivity (Wildman–Crippen MR) is 161 cm³/mol. The topological polar surface area (TPSA) is 180 Å². The van der Waals surface area contributed by atoms with Crippen LogP contribution in [0.2, 0.25) is 0 Å². The largest absolute Gasteiger partial charge is 0.448 e. The summed E-state index contributed by atoms with van der Waals surface area (Å²) in [6.45, 7) is 14.9. The van der Waals surface area contributed by atoms with Gasteiger partial charge in [-0.15, -0.1) is 0 Å². The molecule has 13 heteroatoms. The number of likely N-dealkylation sites (tertiary alicyclic amines) is 1. The van der Waals surface area contributed by atoms with E-state index in [-0.39, 0.29) is 41.7 Å². The number of ketones is 1.